The van der Waals surface area contributed by atoms with Gasteiger partial charge in [-0.25, -0.2) is 4.98 Å². The number of nitrogens with zero attached hydrogens (tertiary/aromatic N) is 5. The Balaban J connectivity index is 1.76. The second-order valence-electron chi connectivity index (χ2n) is 6.33. The molecule has 1 aliphatic rings. The second kappa shape index (κ2) is 6.19. The molecule has 3 aromatic heterocycles. The molecule has 0 spiro atoms. The minimum atomic E-state index is -4.45. The Bertz CT molecular complexity index is 1110. The maximum Gasteiger partial charge on any atom is 0.417 e. The molecule has 1 aliphatic heterocycles. The molecule has 0 unspecified atom stereocenters. The van der Waals surface area contributed by atoms with Crippen molar-refractivity contribution >= 4 is 23.1 Å². The highest BCUT2D eigenvalue weighted by Gasteiger charge is 2.32. The zero-order valence-electron chi connectivity index (χ0n) is 14.1. The summed E-state index contributed by atoms with van der Waals surface area (Å²) in [6.07, 6.45) is -1.84. The van der Waals surface area contributed by atoms with Gasteiger partial charge in [0.1, 0.15) is 5.02 Å². The van der Waals surface area contributed by atoms with Crippen LogP contribution in [0.15, 0.2) is 29.3 Å². The molecule has 0 bridgehead atoms. The van der Waals surface area contributed by atoms with E-state index in [0.717, 1.165) is 22.3 Å². The highest BCUT2D eigenvalue weighted by Crippen LogP contribution is 2.32. The Labute approximate surface area is 156 Å². The maximum atomic E-state index is 13.0. The van der Waals surface area contributed by atoms with Crippen LogP contribution in [0.5, 0.6) is 0 Å². The van der Waals surface area contributed by atoms with Gasteiger partial charge in [0.25, 0.3) is 5.56 Å². The van der Waals surface area contributed by atoms with Gasteiger partial charge in [-0.3, -0.25) is 9.78 Å². The highest BCUT2D eigenvalue weighted by atomic mass is 35.5. The quantitative estimate of drug-likeness (QED) is 0.633. The molecule has 3 aromatic rings. The van der Waals surface area contributed by atoms with Gasteiger partial charge in [-0.05, 0) is 30.2 Å². The van der Waals surface area contributed by atoms with Gasteiger partial charge < -0.3 is 4.90 Å². The first-order valence-corrected chi connectivity index (χ1v) is 8.47. The third-order valence-electron chi connectivity index (χ3n) is 4.48. The van der Waals surface area contributed by atoms with Crippen molar-refractivity contribution in [1.82, 2.24) is 19.6 Å². The number of fused-ring (bicyclic) bond motifs is 2. The van der Waals surface area contributed by atoms with Gasteiger partial charge in [-0.15, -0.1) is 5.10 Å². The van der Waals surface area contributed by atoms with E-state index in [1.54, 1.807) is 6.07 Å². The number of pyridine rings is 1. The third-order valence-corrected chi connectivity index (χ3v) is 4.74. The number of hydrogen-bond donors (Lipinski definition) is 0. The highest BCUT2D eigenvalue weighted by molar-refractivity contribution is 6.30. The Hall–Kier alpha value is -2.68. The molecule has 0 radical (unpaired) electrons. The van der Waals surface area contributed by atoms with E-state index in [1.165, 1.54) is 6.20 Å². The first kappa shape index (κ1) is 17.7. The van der Waals surface area contributed by atoms with Gasteiger partial charge in [-0.1, -0.05) is 11.6 Å². The zero-order valence-corrected chi connectivity index (χ0v) is 14.8. The van der Waals surface area contributed by atoms with Crippen molar-refractivity contribution in [2.45, 2.75) is 26.1 Å². The summed E-state index contributed by atoms with van der Waals surface area (Å²) in [5.74, 6) is 0.497. The van der Waals surface area contributed by atoms with Crippen molar-refractivity contribution in [2.24, 2.45) is 0 Å². The van der Waals surface area contributed by atoms with Gasteiger partial charge in [0.15, 0.2) is 11.5 Å². The van der Waals surface area contributed by atoms with Crippen LogP contribution in [0.2, 0.25) is 5.02 Å². The summed E-state index contributed by atoms with van der Waals surface area (Å²) >= 11 is 5.83. The topological polar surface area (TPSA) is 63.4 Å². The minimum absolute atomic E-state index is 0.0576. The lowest BCUT2D eigenvalue weighted by Gasteiger charge is -2.30. The number of aromatic nitrogens is 4. The van der Waals surface area contributed by atoms with E-state index in [9.17, 15) is 18.0 Å². The molecule has 0 N–H and O–H groups in total. The predicted molar refractivity (Wildman–Crippen MR) is 93.0 cm³/mol. The summed E-state index contributed by atoms with van der Waals surface area (Å²) in [6.45, 7) is 2.55. The lowest BCUT2D eigenvalue weighted by atomic mass is 10.0. The molecular formula is C17H13ClF3N5O. The van der Waals surface area contributed by atoms with Crippen LogP contribution >= 0.6 is 11.6 Å². The van der Waals surface area contributed by atoms with Gasteiger partial charge in [0, 0.05) is 31.4 Å². The summed E-state index contributed by atoms with van der Waals surface area (Å²) < 4.78 is 40.0. The minimum Gasteiger partial charge on any atom is -0.350 e. The molecule has 0 atom stereocenters. The molecule has 4 rings (SSSR count). The van der Waals surface area contributed by atoms with Crippen LogP contribution in [-0.2, 0) is 19.1 Å². The number of hydrogen-bond acceptors (Lipinski definition) is 5. The van der Waals surface area contributed by atoms with Crippen LogP contribution in [0, 0.1) is 6.92 Å². The van der Waals surface area contributed by atoms with Crippen LogP contribution in [-0.4, -0.2) is 26.1 Å². The molecule has 4 heterocycles. The summed E-state index contributed by atoms with van der Waals surface area (Å²) in [6, 6.07) is 2.81. The molecule has 27 heavy (non-hydrogen) atoms. The number of rotatable bonds is 1. The Morgan fingerprint density at radius 1 is 1.19 bits per heavy atom. The summed E-state index contributed by atoms with van der Waals surface area (Å²) in [5.41, 5.74) is 0.963. The van der Waals surface area contributed by atoms with E-state index >= 15 is 0 Å². The maximum absolute atomic E-state index is 13.0. The molecule has 0 saturated carbocycles. The molecule has 140 valence electrons. The standard InChI is InChI=1S/C17H13ClF3N5O/c1-9-4-14-23-7-12(18)16(27)26(14)24-15(9)25-3-2-13-10(8-25)5-11(6-22-13)17(19,20)21/h4-7H,2-3,8H2,1H3. The molecule has 6 nitrogen and oxygen atoms in total. The van der Waals surface area contributed by atoms with Crippen molar-refractivity contribution < 1.29 is 13.2 Å². The van der Waals surface area contributed by atoms with E-state index in [2.05, 4.69) is 15.1 Å². The van der Waals surface area contributed by atoms with Gasteiger partial charge in [-0.2, -0.15) is 17.7 Å². The monoisotopic (exact) mass is 395 g/mol. The smallest absolute Gasteiger partial charge is 0.350 e. The van der Waals surface area contributed by atoms with E-state index in [0.29, 0.717) is 35.7 Å². The number of halogens is 4. The van der Waals surface area contributed by atoms with Crippen molar-refractivity contribution in [1.29, 1.82) is 0 Å². The van der Waals surface area contributed by atoms with Crippen LogP contribution in [0.3, 0.4) is 0 Å². The Kier molecular flexibility index (Phi) is 4.06. The van der Waals surface area contributed by atoms with E-state index in [1.807, 2.05) is 11.8 Å². The van der Waals surface area contributed by atoms with E-state index < -0.39 is 17.3 Å². The van der Waals surface area contributed by atoms with E-state index in [4.69, 9.17) is 11.6 Å². The summed E-state index contributed by atoms with van der Waals surface area (Å²) in [4.78, 5) is 22.1. The molecule has 0 aromatic carbocycles. The van der Waals surface area contributed by atoms with Gasteiger partial charge >= 0.3 is 6.18 Å². The summed E-state index contributed by atoms with van der Waals surface area (Å²) in [5, 5.41) is 4.29. The predicted octanol–water partition coefficient (Wildman–Crippen LogP) is 3.03. The van der Waals surface area contributed by atoms with Crippen LogP contribution in [0.25, 0.3) is 5.65 Å². The van der Waals surface area contributed by atoms with Gasteiger partial charge in [0.05, 0.1) is 11.8 Å². The van der Waals surface area contributed by atoms with Crippen LogP contribution in [0.1, 0.15) is 22.4 Å². The summed E-state index contributed by atoms with van der Waals surface area (Å²) in [7, 11) is 0. The largest absolute Gasteiger partial charge is 0.417 e. The Morgan fingerprint density at radius 2 is 1.96 bits per heavy atom. The fraction of sp³-hybridized carbons (Fsp3) is 0.294. The molecule has 0 fully saturated rings. The van der Waals surface area contributed by atoms with E-state index in [-0.39, 0.29) is 11.6 Å². The van der Waals surface area contributed by atoms with Crippen molar-refractivity contribution in [2.75, 3.05) is 11.4 Å². The number of alkyl halides is 3. The SMILES string of the molecule is Cc1cc2ncc(Cl)c(=O)n2nc1N1CCc2ncc(C(F)(F)F)cc2C1. The van der Waals surface area contributed by atoms with Crippen LogP contribution < -0.4 is 10.5 Å². The van der Waals surface area contributed by atoms with Crippen molar-refractivity contribution in [3.05, 3.63) is 62.3 Å². The molecule has 10 heteroatoms. The van der Waals surface area contributed by atoms with Crippen molar-refractivity contribution in [3.8, 4) is 0 Å². The molecule has 0 amide bonds. The van der Waals surface area contributed by atoms with Crippen molar-refractivity contribution in [3.63, 3.8) is 0 Å². The molecule has 0 saturated heterocycles. The third kappa shape index (κ3) is 3.12. The first-order chi connectivity index (χ1) is 12.7. The fourth-order valence-corrected chi connectivity index (χ4v) is 3.27. The molecular weight excluding hydrogens is 383 g/mol. The van der Waals surface area contributed by atoms with Gasteiger partial charge in [0.2, 0.25) is 0 Å². The average molecular weight is 396 g/mol. The second-order valence-corrected chi connectivity index (χ2v) is 6.74. The molecule has 0 aliphatic carbocycles. The lowest BCUT2D eigenvalue weighted by molar-refractivity contribution is -0.137. The fourth-order valence-electron chi connectivity index (χ4n) is 3.14. The Morgan fingerprint density at radius 3 is 2.70 bits per heavy atom. The van der Waals surface area contributed by atoms with Crippen LogP contribution in [0.4, 0.5) is 19.0 Å². The number of anilines is 1. The first-order valence-electron chi connectivity index (χ1n) is 8.09. The average Bonchev–Trinajstić information content (AvgIpc) is 2.63. The lowest BCUT2D eigenvalue weighted by Crippen LogP contribution is -2.33. The normalized spacial score (nSPS) is 14.5. The zero-order chi connectivity index (χ0) is 19.3. The number of aryl methyl sites for hydroxylation is 1.